The number of nitrogens with one attached hydrogen (secondary N) is 2. The van der Waals surface area contributed by atoms with Crippen LogP contribution in [0.25, 0.3) is 21.6 Å². The van der Waals surface area contributed by atoms with E-state index >= 15 is 0 Å². The van der Waals surface area contributed by atoms with Crippen molar-refractivity contribution in [1.29, 1.82) is 0 Å². The summed E-state index contributed by atoms with van der Waals surface area (Å²) in [5, 5.41) is 15.5. The summed E-state index contributed by atoms with van der Waals surface area (Å²) < 4.78 is 0. The summed E-state index contributed by atoms with van der Waals surface area (Å²) in [6.07, 6.45) is 4.49. The number of hydrogen-bond acceptors (Lipinski definition) is 6. The van der Waals surface area contributed by atoms with E-state index in [9.17, 15) is 14.7 Å². The van der Waals surface area contributed by atoms with E-state index in [0.29, 0.717) is 23.5 Å². The largest absolute Gasteiger partial charge is 0.478 e. The number of aryl methyl sites for hydroxylation is 2. The Morgan fingerprint density at radius 2 is 1.93 bits per heavy atom. The predicted molar refractivity (Wildman–Crippen MR) is 108 cm³/mol. The predicted octanol–water partition coefficient (Wildman–Crippen LogP) is 3.72. The lowest BCUT2D eigenvalue weighted by molar-refractivity contribution is 0.0696. The van der Waals surface area contributed by atoms with Crippen molar-refractivity contribution in [1.82, 2.24) is 20.3 Å². The smallest absolute Gasteiger partial charge is 0.337 e. The number of aromatic nitrogens is 3. The molecule has 3 aromatic rings. The molecule has 2 amide bonds. The topological polar surface area (TPSA) is 117 Å². The van der Waals surface area contributed by atoms with Gasteiger partial charge in [-0.05, 0) is 32.9 Å². The van der Waals surface area contributed by atoms with Gasteiger partial charge in [0.1, 0.15) is 5.82 Å². The van der Waals surface area contributed by atoms with Crippen LogP contribution in [0.15, 0.2) is 30.7 Å². The van der Waals surface area contributed by atoms with Crippen LogP contribution in [-0.2, 0) is 0 Å². The Labute approximate surface area is 165 Å². The molecule has 9 heteroatoms. The lowest BCUT2D eigenvalue weighted by atomic mass is 10.0. The third-order valence-corrected chi connectivity index (χ3v) is 5.03. The standard InChI is InChI=1S/C19H19N5O3S/c1-4-21-19(27)24-16-6-14(17-10(2)23-11(3)28-17)15(9-22-16)12-5-13(18(25)26)8-20-7-12/h5-9H,4H2,1-3H3,(H,25,26)(H2,21,22,24,27). The Kier molecular flexibility index (Phi) is 5.65. The van der Waals surface area contributed by atoms with Crippen molar-refractivity contribution < 1.29 is 14.7 Å². The van der Waals surface area contributed by atoms with E-state index < -0.39 is 5.97 Å². The van der Waals surface area contributed by atoms with Crippen molar-refractivity contribution in [3.63, 3.8) is 0 Å². The molecule has 0 bridgehead atoms. The fraction of sp³-hybridized carbons (Fsp3) is 0.211. The van der Waals surface area contributed by atoms with E-state index in [-0.39, 0.29) is 11.6 Å². The van der Waals surface area contributed by atoms with Crippen LogP contribution in [0.2, 0.25) is 0 Å². The third kappa shape index (κ3) is 4.15. The van der Waals surface area contributed by atoms with Gasteiger partial charge in [0.15, 0.2) is 0 Å². The van der Waals surface area contributed by atoms with Gasteiger partial charge in [-0.3, -0.25) is 10.3 Å². The average Bonchev–Trinajstić information content (AvgIpc) is 3.00. The molecule has 0 fully saturated rings. The van der Waals surface area contributed by atoms with Gasteiger partial charge in [-0.1, -0.05) is 0 Å². The molecule has 0 unspecified atom stereocenters. The molecule has 28 heavy (non-hydrogen) atoms. The van der Waals surface area contributed by atoms with Crippen LogP contribution in [0.1, 0.15) is 28.0 Å². The summed E-state index contributed by atoms with van der Waals surface area (Å²) in [7, 11) is 0. The van der Waals surface area contributed by atoms with Gasteiger partial charge >= 0.3 is 12.0 Å². The van der Waals surface area contributed by atoms with Gasteiger partial charge in [-0.25, -0.2) is 19.6 Å². The molecule has 8 nitrogen and oxygen atoms in total. The first kappa shape index (κ1) is 19.4. The summed E-state index contributed by atoms with van der Waals surface area (Å²) in [4.78, 5) is 36.9. The van der Waals surface area contributed by atoms with Gasteiger partial charge in [0, 0.05) is 41.8 Å². The van der Waals surface area contributed by atoms with Crippen molar-refractivity contribution in [2.24, 2.45) is 0 Å². The number of hydrogen-bond donors (Lipinski definition) is 3. The Hall–Kier alpha value is -3.33. The van der Waals surface area contributed by atoms with E-state index in [0.717, 1.165) is 21.1 Å². The first-order valence-corrected chi connectivity index (χ1v) is 9.38. The van der Waals surface area contributed by atoms with Crippen LogP contribution >= 0.6 is 11.3 Å². The maximum Gasteiger partial charge on any atom is 0.337 e. The number of amides is 2. The van der Waals surface area contributed by atoms with E-state index in [4.69, 9.17) is 0 Å². The minimum atomic E-state index is -1.05. The van der Waals surface area contributed by atoms with Crippen LogP contribution in [0.5, 0.6) is 0 Å². The van der Waals surface area contributed by atoms with Crippen LogP contribution in [0.4, 0.5) is 10.6 Å². The molecule has 0 radical (unpaired) electrons. The van der Waals surface area contributed by atoms with Crippen molar-refractivity contribution in [2.75, 3.05) is 11.9 Å². The maximum absolute atomic E-state index is 11.9. The number of rotatable bonds is 5. The Bertz CT molecular complexity index is 1050. The normalized spacial score (nSPS) is 10.5. The molecule has 0 atom stereocenters. The van der Waals surface area contributed by atoms with Gasteiger partial charge in [0.25, 0.3) is 0 Å². The van der Waals surface area contributed by atoms with Crippen LogP contribution in [-0.4, -0.2) is 38.6 Å². The molecule has 0 spiro atoms. The summed E-state index contributed by atoms with van der Waals surface area (Å²) in [5.41, 5.74) is 3.07. The third-order valence-electron chi connectivity index (χ3n) is 3.93. The molecule has 144 valence electrons. The molecule has 3 heterocycles. The SMILES string of the molecule is CCNC(=O)Nc1cc(-c2sc(C)nc2C)c(-c2cncc(C(=O)O)c2)cn1. The Morgan fingerprint density at radius 1 is 1.14 bits per heavy atom. The zero-order chi connectivity index (χ0) is 20.3. The van der Waals surface area contributed by atoms with Crippen molar-refractivity contribution in [3.8, 4) is 21.6 Å². The minimum absolute atomic E-state index is 0.0881. The lowest BCUT2D eigenvalue weighted by Gasteiger charge is -2.12. The number of anilines is 1. The van der Waals surface area contributed by atoms with Crippen LogP contribution in [0, 0.1) is 13.8 Å². The fourth-order valence-corrected chi connectivity index (χ4v) is 3.70. The molecule has 0 saturated carbocycles. The average molecular weight is 397 g/mol. The Morgan fingerprint density at radius 3 is 2.57 bits per heavy atom. The summed E-state index contributed by atoms with van der Waals surface area (Å²) >= 11 is 1.52. The van der Waals surface area contributed by atoms with Crippen LogP contribution < -0.4 is 10.6 Å². The van der Waals surface area contributed by atoms with E-state index in [1.807, 2.05) is 20.8 Å². The minimum Gasteiger partial charge on any atom is -0.478 e. The fourth-order valence-electron chi connectivity index (χ4n) is 2.75. The van der Waals surface area contributed by atoms with Crippen LogP contribution in [0.3, 0.4) is 0 Å². The second kappa shape index (κ2) is 8.13. The number of nitrogens with zero attached hydrogens (tertiary/aromatic N) is 3. The monoisotopic (exact) mass is 397 g/mol. The number of pyridine rings is 2. The first-order chi connectivity index (χ1) is 13.4. The lowest BCUT2D eigenvalue weighted by Crippen LogP contribution is -2.28. The number of carbonyl (C=O) groups excluding carboxylic acids is 1. The second-order valence-electron chi connectivity index (χ2n) is 6.01. The summed E-state index contributed by atoms with van der Waals surface area (Å²) in [6.45, 7) is 6.15. The first-order valence-electron chi connectivity index (χ1n) is 8.57. The Balaban J connectivity index is 2.14. The molecule has 0 aromatic carbocycles. The van der Waals surface area contributed by atoms with Gasteiger partial charge in [0.05, 0.1) is 21.1 Å². The highest BCUT2D eigenvalue weighted by atomic mass is 32.1. The van der Waals surface area contributed by atoms with Gasteiger partial charge in [-0.2, -0.15) is 0 Å². The number of carbonyl (C=O) groups is 2. The van der Waals surface area contributed by atoms with Crippen molar-refractivity contribution in [3.05, 3.63) is 47.0 Å². The molecule has 0 saturated heterocycles. The highest BCUT2D eigenvalue weighted by molar-refractivity contribution is 7.15. The summed E-state index contributed by atoms with van der Waals surface area (Å²) in [5.74, 6) is -0.666. The molecule has 0 aliphatic heterocycles. The quantitative estimate of drug-likeness (QED) is 0.604. The maximum atomic E-state index is 11.9. The highest BCUT2D eigenvalue weighted by Gasteiger charge is 2.17. The summed E-state index contributed by atoms with van der Waals surface area (Å²) in [6, 6.07) is 2.97. The molecule has 3 rings (SSSR count). The van der Waals surface area contributed by atoms with Gasteiger partial charge < -0.3 is 10.4 Å². The zero-order valence-electron chi connectivity index (χ0n) is 15.6. The number of aromatic carboxylic acids is 1. The number of urea groups is 1. The number of carboxylic acid groups (broad SMARTS) is 1. The molecule has 0 aliphatic rings. The molecular formula is C19H19N5O3S. The molecule has 3 aromatic heterocycles. The van der Waals surface area contributed by atoms with Gasteiger partial charge in [-0.15, -0.1) is 11.3 Å². The van der Waals surface area contributed by atoms with Gasteiger partial charge in [0.2, 0.25) is 0 Å². The van der Waals surface area contributed by atoms with E-state index in [1.54, 1.807) is 24.5 Å². The molecular weight excluding hydrogens is 378 g/mol. The van der Waals surface area contributed by atoms with Crippen molar-refractivity contribution in [2.45, 2.75) is 20.8 Å². The van der Waals surface area contributed by atoms with E-state index in [1.165, 1.54) is 17.5 Å². The van der Waals surface area contributed by atoms with Crippen molar-refractivity contribution >= 4 is 29.2 Å². The molecule has 3 N–H and O–H groups in total. The highest BCUT2D eigenvalue weighted by Crippen LogP contribution is 2.38. The second-order valence-corrected chi connectivity index (χ2v) is 7.22. The zero-order valence-corrected chi connectivity index (χ0v) is 16.4. The van der Waals surface area contributed by atoms with E-state index in [2.05, 4.69) is 25.6 Å². The molecule has 0 aliphatic carbocycles. The number of thiazole rings is 1. The number of carboxylic acids is 1.